The largest absolute Gasteiger partial charge is 0.337 e. The molecule has 1 aromatic rings. The van der Waals surface area contributed by atoms with Crippen LogP contribution in [0.3, 0.4) is 0 Å². The van der Waals surface area contributed by atoms with Crippen LogP contribution in [0.5, 0.6) is 0 Å². The molecule has 0 aliphatic carbocycles. The Morgan fingerprint density at radius 3 is 2.46 bits per heavy atom. The van der Waals surface area contributed by atoms with E-state index in [1.54, 1.807) is 23.8 Å². The van der Waals surface area contributed by atoms with Gasteiger partial charge in [-0.2, -0.15) is 0 Å². The Bertz CT molecular complexity index is 775. The second-order valence-electron chi connectivity index (χ2n) is 7.72. The minimum atomic E-state index is -0.337. The van der Waals surface area contributed by atoms with Gasteiger partial charge in [-0.1, -0.05) is 0 Å². The summed E-state index contributed by atoms with van der Waals surface area (Å²) >= 11 is 0. The summed E-state index contributed by atoms with van der Waals surface area (Å²) in [7, 11) is 1.69. The molecule has 130 valence electrons. The number of aryl methyl sites for hydroxylation is 1. The molecule has 1 fully saturated rings. The van der Waals surface area contributed by atoms with Crippen molar-refractivity contribution in [3.8, 4) is 0 Å². The number of carbonyl (C=O) groups is 2. The van der Waals surface area contributed by atoms with E-state index < -0.39 is 0 Å². The van der Waals surface area contributed by atoms with Gasteiger partial charge in [0, 0.05) is 25.6 Å². The third kappa shape index (κ3) is 2.61. The molecule has 7 heteroatoms. The molecule has 0 bridgehead atoms. The average Bonchev–Trinajstić information content (AvgIpc) is 3.07. The van der Waals surface area contributed by atoms with Crippen LogP contribution < -0.4 is 5.56 Å². The molecule has 2 amide bonds. The number of nitrogens with zero attached hydrogens (tertiary/aromatic N) is 4. The molecule has 0 spiro atoms. The monoisotopic (exact) mass is 332 g/mol. The molecule has 1 saturated heterocycles. The van der Waals surface area contributed by atoms with Crippen LogP contribution in [0, 0.1) is 12.8 Å². The highest BCUT2D eigenvalue weighted by Gasteiger charge is 2.42. The lowest BCUT2D eigenvalue weighted by atomic mass is 10.1. The van der Waals surface area contributed by atoms with Crippen molar-refractivity contribution in [1.82, 2.24) is 19.4 Å². The quantitative estimate of drug-likeness (QED) is 0.754. The molecule has 0 unspecified atom stereocenters. The molecule has 1 aromatic heterocycles. The summed E-state index contributed by atoms with van der Waals surface area (Å²) in [6, 6.07) is 0. The molecule has 3 heterocycles. The van der Waals surface area contributed by atoms with Crippen LogP contribution in [0.1, 0.15) is 44.3 Å². The lowest BCUT2D eigenvalue weighted by Crippen LogP contribution is -2.43. The van der Waals surface area contributed by atoms with E-state index in [0.717, 1.165) is 0 Å². The predicted molar refractivity (Wildman–Crippen MR) is 88.0 cm³/mol. The maximum atomic E-state index is 12.8. The van der Waals surface area contributed by atoms with Gasteiger partial charge in [-0.15, -0.1) is 0 Å². The van der Waals surface area contributed by atoms with Gasteiger partial charge in [0.1, 0.15) is 5.82 Å². The number of amides is 2. The number of carbonyl (C=O) groups excluding carboxylic acids is 2. The highest BCUT2D eigenvalue weighted by atomic mass is 16.2. The Kier molecular flexibility index (Phi) is 3.77. The van der Waals surface area contributed by atoms with Crippen LogP contribution in [0.25, 0.3) is 0 Å². The van der Waals surface area contributed by atoms with Gasteiger partial charge in [0.05, 0.1) is 30.3 Å². The zero-order valence-corrected chi connectivity index (χ0v) is 14.9. The first kappa shape index (κ1) is 16.7. The summed E-state index contributed by atoms with van der Waals surface area (Å²) in [6.07, 6.45) is 0.243. The number of hydrogen-bond donors (Lipinski definition) is 0. The van der Waals surface area contributed by atoms with E-state index in [1.165, 1.54) is 4.57 Å². The van der Waals surface area contributed by atoms with Crippen LogP contribution in [0.2, 0.25) is 0 Å². The summed E-state index contributed by atoms with van der Waals surface area (Å²) in [6.45, 7) is 8.78. The molecular weight excluding hydrogens is 308 g/mol. The van der Waals surface area contributed by atoms with Crippen molar-refractivity contribution in [3.05, 3.63) is 27.4 Å². The van der Waals surface area contributed by atoms with Crippen LogP contribution in [0.15, 0.2) is 4.79 Å². The van der Waals surface area contributed by atoms with Gasteiger partial charge in [-0.25, -0.2) is 4.98 Å². The number of aromatic nitrogens is 2. The normalized spacial score (nSPS) is 20.7. The topological polar surface area (TPSA) is 75.5 Å². The van der Waals surface area contributed by atoms with Crippen molar-refractivity contribution in [2.24, 2.45) is 13.0 Å². The predicted octanol–water partition coefficient (Wildman–Crippen LogP) is 0.578. The zero-order valence-electron chi connectivity index (χ0n) is 14.9. The van der Waals surface area contributed by atoms with Crippen molar-refractivity contribution >= 4 is 11.8 Å². The number of rotatable bonds is 1. The van der Waals surface area contributed by atoms with Crippen molar-refractivity contribution in [1.29, 1.82) is 0 Å². The van der Waals surface area contributed by atoms with E-state index in [1.807, 2.05) is 20.8 Å². The fourth-order valence-electron chi connectivity index (χ4n) is 3.46. The van der Waals surface area contributed by atoms with Crippen molar-refractivity contribution in [3.63, 3.8) is 0 Å². The molecule has 24 heavy (non-hydrogen) atoms. The maximum Gasteiger partial charge on any atom is 0.258 e. The third-order valence-corrected chi connectivity index (χ3v) is 4.98. The summed E-state index contributed by atoms with van der Waals surface area (Å²) in [5.74, 6) is 0.259. The molecule has 1 atom stereocenters. The minimum absolute atomic E-state index is 0.0162. The summed E-state index contributed by atoms with van der Waals surface area (Å²) in [5.41, 5.74) is 0.898. The Hall–Kier alpha value is -2.18. The smallest absolute Gasteiger partial charge is 0.258 e. The maximum absolute atomic E-state index is 12.8. The average molecular weight is 332 g/mol. The van der Waals surface area contributed by atoms with Gasteiger partial charge in [-0.05, 0) is 27.7 Å². The Labute approximate surface area is 141 Å². The van der Waals surface area contributed by atoms with Gasteiger partial charge < -0.3 is 9.80 Å². The van der Waals surface area contributed by atoms with Gasteiger partial charge >= 0.3 is 0 Å². The molecule has 2 aliphatic rings. The minimum Gasteiger partial charge on any atom is -0.337 e. The lowest BCUT2D eigenvalue weighted by Gasteiger charge is -2.32. The standard InChI is InChI=1S/C17H24N4O3/c1-10-18-13-9-20(8-12(13)16(24)19(10)5)15(23)11-6-14(22)21(7-11)17(2,3)4/h11H,6-9H2,1-5H3/t11-/m1/s1. The SMILES string of the molecule is Cc1nc2c(c(=O)n1C)CN(C(=O)[C@@H]1CC(=O)N(C(C)(C)C)C1)C2. The highest BCUT2D eigenvalue weighted by molar-refractivity contribution is 5.89. The molecule has 3 rings (SSSR count). The van der Waals surface area contributed by atoms with Gasteiger partial charge in [0.15, 0.2) is 0 Å². The van der Waals surface area contributed by atoms with E-state index in [0.29, 0.717) is 30.2 Å². The summed E-state index contributed by atoms with van der Waals surface area (Å²) < 4.78 is 1.51. The molecule has 2 aliphatic heterocycles. The molecular formula is C17H24N4O3. The van der Waals surface area contributed by atoms with E-state index in [-0.39, 0.29) is 41.8 Å². The van der Waals surface area contributed by atoms with Crippen LogP contribution in [-0.4, -0.2) is 43.2 Å². The first-order valence-electron chi connectivity index (χ1n) is 8.24. The summed E-state index contributed by atoms with van der Waals surface area (Å²) in [4.78, 5) is 45.2. The number of hydrogen-bond acceptors (Lipinski definition) is 4. The Balaban J connectivity index is 1.78. The number of likely N-dealkylation sites (tertiary alicyclic amines) is 1. The van der Waals surface area contributed by atoms with E-state index in [4.69, 9.17) is 0 Å². The second kappa shape index (κ2) is 5.43. The van der Waals surface area contributed by atoms with E-state index >= 15 is 0 Å². The first-order valence-corrected chi connectivity index (χ1v) is 8.24. The number of fused-ring (bicyclic) bond motifs is 1. The van der Waals surface area contributed by atoms with Crippen molar-refractivity contribution < 1.29 is 9.59 Å². The van der Waals surface area contributed by atoms with Crippen LogP contribution in [-0.2, 0) is 29.7 Å². The molecule has 0 N–H and O–H groups in total. The Morgan fingerprint density at radius 2 is 1.88 bits per heavy atom. The fraction of sp³-hybridized carbons (Fsp3) is 0.647. The highest BCUT2D eigenvalue weighted by Crippen LogP contribution is 2.29. The zero-order chi connectivity index (χ0) is 17.8. The molecule has 0 saturated carbocycles. The van der Waals surface area contributed by atoms with Crippen molar-refractivity contribution in [2.45, 2.75) is 52.7 Å². The molecule has 0 radical (unpaired) electrons. The third-order valence-electron chi connectivity index (χ3n) is 4.98. The summed E-state index contributed by atoms with van der Waals surface area (Å²) in [5, 5.41) is 0. The van der Waals surface area contributed by atoms with Gasteiger partial charge in [0.2, 0.25) is 11.8 Å². The van der Waals surface area contributed by atoms with E-state index in [2.05, 4.69) is 4.98 Å². The van der Waals surface area contributed by atoms with E-state index in [9.17, 15) is 14.4 Å². The van der Waals surface area contributed by atoms with Gasteiger partial charge in [-0.3, -0.25) is 19.0 Å². The van der Waals surface area contributed by atoms with Crippen LogP contribution >= 0.6 is 0 Å². The van der Waals surface area contributed by atoms with Crippen LogP contribution in [0.4, 0.5) is 0 Å². The van der Waals surface area contributed by atoms with Gasteiger partial charge in [0.25, 0.3) is 5.56 Å². The lowest BCUT2D eigenvalue weighted by molar-refractivity contribution is -0.136. The van der Waals surface area contributed by atoms with Crippen molar-refractivity contribution in [2.75, 3.05) is 6.54 Å². The second-order valence-corrected chi connectivity index (χ2v) is 7.72. The molecule has 0 aromatic carbocycles. The molecule has 7 nitrogen and oxygen atoms in total. The fourth-order valence-corrected chi connectivity index (χ4v) is 3.46. The Morgan fingerprint density at radius 1 is 1.21 bits per heavy atom. The first-order chi connectivity index (χ1) is 11.1.